The molecule has 0 atom stereocenters. The molecule has 0 aliphatic heterocycles. The van der Waals surface area contributed by atoms with Crippen LogP contribution in [0, 0.1) is 0 Å². The zero-order valence-electron chi connectivity index (χ0n) is 16.9. The monoisotopic (exact) mass is 396 g/mol. The lowest BCUT2D eigenvalue weighted by Gasteiger charge is -2.18. The minimum atomic E-state index is 1.11. The average Bonchev–Trinajstić information content (AvgIpc) is 3.38. The van der Waals surface area contributed by atoms with Gasteiger partial charge < -0.3 is 4.57 Å². The number of fused-ring (bicyclic) bond motifs is 2. The summed E-state index contributed by atoms with van der Waals surface area (Å²) in [7, 11) is 0. The molecule has 0 fully saturated rings. The quantitative estimate of drug-likeness (QED) is 0.283. The number of hydrogen-bond donors (Lipinski definition) is 0. The lowest BCUT2D eigenvalue weighted by Crippen LogP contribution is -1.92. The summed E-state index contributed by atoms with van der Waals surface area (Å²) in [5.41, 5.74) is 6.15. The van der Waals surface area contributed by atoms with E-state index < -0.39 is 0 Å². The molecule has 0 amide bonds. The molecule has 0 unspecified atom stereocenters. The van der Waals surface area contributed by atoms with Gasteiger partial charge in [-0.05, 0) is 55.9 Å². The first-order chi connectivity index (χ1) is 15.4. The molecule has 31 heavy (non-hydrogen) atoms. The summed E-state index contributed by atoms with van der Waals surface area (Å²) in [4.78, 5) is 4.16. The van der Waals surface area contributed by atoms with Gasteiger partial charge in [0.2, 0.25) is 0 Å². The number of imidazole rings is 1. The van der Waals surface area contributed by atoms with Gasteiger partial charge in [-0.3, -0.25) is 0 Å². The van der Waals surface area contributed by atoms with E-state index in [1.165, 1.54) is 43.8 Å². The standard InChI is InChI=1S/C29H20N2/c1-2-8-21(9-3-1)28-24-10-4-6-12-26(24)29(27-13-7-5-11-25(27)28)22-14-16-23(17-15-22)31-19-18-30-20-31/h1-20H. The predicted octanol–water partition coefficient (Wildman–Crippen LogP) is 7.51. The molecule has 6 rings (SSSR count). The van der Waals surface area contributed by atoms with E-state index in [2.05, 4.69) is 108 Å². The molecule has 2 nitrogen and oxygen atoms in total. The Morgan fingerprint density at radius 1 is 0.484 bits per heavy atom. The van der Waals surface area contributed by atoms with E-state index in [0.29, 0.717) is 0 Å². The molecule has 1 aromatic heterocycles. The zero-order chi connectivity index (χ0) is 20.6. The van der Waals surface area contributed by atoms with Gasteiger partial charge in [-0.15, -0.1) is 0 Å². The van der Waals surface area contributed by atoms with Crippen molar-refractivity contribution in [1.29, 1.82) is 0 Å². The van der Waals surface area contributed by atoms with E-state index in [1.807, 2.05) is 17.1 Å². The number of benzene rings is 5. The minimum Gasteiger partial charge on any atom is -0.306 e. The largest absolute Gasteiger partial charge is 0.306 e. The molecule has 0 spiro atoms. The second-order valence-electron chi connectivity index (χ2n) is 7.72. The van der Waals surface area contributed by atoms with E-state index in [9.17, 15) is 0 Å². The van der Waals surface area contributed by atoms with Crippen molar-refractivity contribution in [2.45, 2.75) is 0 Å². The van der Waals surface area contributed by atoms with Crippen molar-refractivity contribution in [2.24, 2.45) is 0 Å². The van der Waals surface area contributed by atoms with E-state index >= 15 is 0 Å². The van der Waals surface area contributed by atoms with Gasteiger partial charge in [-0.2, -0.15) is 0 Å². The van der Waals surface area contributed by atoms with Gasteiger partial charge in [-0.1, -0.05) is 91.0 Å². The van der Waals surface area contributed by atoms with Gasteiger partial charge in [0.15, 0.2) is 0 Å². The normalized spacial score (nSPS) is 11.2. The molecule has 0 saturated heterocycles. The molecular weight excluding hydrogens is 376 g/mol. The molecule has 0 aliphatic rings. The SMILES string of the molecule is c1ccc(-c2c3ccccc3c(-c3ccc(-n4ccnc4)cc3)c3ccccc23)cc1. The van der Waals surface area contributed by atoms with Crippen LogP contribution in [-0.4, -0.2) is 9.55 Å². The van der Waals surface area contributed by atoms with Crippen LogP contribution in [0.1, 0.15) is 0 Å². The summed E-state index contributed by atoms with van der Waals surface area (Å²) < 4.78 is 2.03. The highest BCUT2D eigenvalue weighted by molar-refractivity contribution is 6.21. The Morgan fingerprint density at radius 3 is 1.45 bits per heavy atom. The van der Waals surface area contributed by atoms with Crippen LogP contribution in [0.2, 0.25) is 0 Å². The topological polar surface area (TPSA) is 17.8 Å². The van der Waals surface area contributed by atoms with Gasteiger partial charge in [0.05, 0.1) is 6.33 Å². The number of nitrogens with zero attached hydrogens (tertiary/aromatic N) is 2. The maximum atomic E-state index is 4.16. The zero-order valence-corrected chi connectivity index (χ0v) is 16.9. The lowest BCUT2D eigenvalue weighted by atomic mass is 9.86. The van der Waals surface area contributed by atoms with Crippen LogP contribution in [0.5, 0.6) is 0 Å². The highest BCUT2D eigenvalue weighted by Gasteiger charge is 2.16. The molecule has 0 N–H and O–H groups in total. The third-order valence-corrected chi connectivity index (χ3v) is 5.95. The van der Waals surface area contributed by atoms with Crippen molar-refractivity contribution in [3.63, 3.8) is 0 Å². The van der Waals surface area contributed by atoms with Crippen molar-refractivity contribution in [3.05, 3.63) is 122 Å². The van der Waals surface area contributed by atoms with Gasteiger partial charge >= 0.3 is 0 Å². The molecule has 6 aromatic rings. The van der Waals surface area contributed by atoms with Gasteiger partial charge in [-0.25, -0.2) is 4.98 Å². The molecule has 2 heteroatoms. The van der Waals surface area contributed by atoms with Crippen LogP contribution in [0.15, 0.2) is 122 Å². The van der Waals surface area contributed by atoms with Gasteiger partial charge in [0.25, 0.3) is 0 Å². The summed E-state index contributed by atoms with van der Waals surface area (Å²) in [6, 6.07) is 37.0. The smallest absolute Gasteiger partial charge is 0.0991 e. The van der Waals surface area contributed by atoms with Crippen molar-refractivity contribution < 1.29 is 0 Å². The maximum absolute atomic E-state index is 4.16. The molecule has 1 heterocycles. The molecule has 5 aromatic carbocycles. The Balaban J connectivity index is 1.67. The number of aromatic nitrogens is 2. The molecule has 0 radical (unpaired) electrons. The minimum absolute atomic E-state index is 1.11. The Labute approximate surface area is 181 Å². The summed E-state index contributed by atoms with van der Waals surface area (Å²) in [5.74, 6) is 0. The van der Waals surface area contributed by atoms with Crippen LogP contribution in [0.3, 0.4) is 0 Å². The Hall–Kier alpha value is -4.17. The highest BCUT2D eigenvalue weighted by atomic mass is 15.0. The first kappa shape index (κ1) is 17.7. The van der Waals surface area contributed by atoms with Crippen LogP contribution in [0.25, 0.3) is 49.5 Å². The molecule has 146 valence electrons. The van der Waals surface area contributed by atoms with Crippen molar-refractivity contribution in [3.8, 4) is 27.9 Å². The second kappa shape index (κ2) is 7.26. The Kier molecular flexibility index (Phi) is 4.14. The van der Waals surface area contributed by atoms with Gasteiger partial charge in [0, 0.05) is 18.1 Å². The van der Waals surface area contributed by atoms with Crippen LogP contribution in [0.4, 0.5) is 0 Å². The molecular formula is C29H20N2. The summed E-state index contributed by atoms with van der Waals surface area (Å²) >= 11 is 0. The van der Waals surface area contributed by atoms with E-state index in [0.717, 1.165) is 5.69 Å². The van der Waals surface area contributed by atoms with Crippen LogP contribution in [-0.2, 0) is 0 Å². The van der Waals surface area contributed by atoms with Crippen molar-refractivity contribution in [1.82, 2.24) is 9.55 Å². The first-order valence-electron chi connectivity index (χ1n) is 10.5. The molecule has 0 bridgehead atoms. The lowest BCUT2D eigenvalue weighted by molar-refractivity contribution is 1.06. The fourth-order valence-corrected chi connectivity index (χ4v) is 4.57. The predicted molar refractivity (Wildman–Crippen MR) is 129 cm³/mol. The van der Waals surface area contributed by atoms with E-state index in [1.54, 1.807) is 6.20 Å². The van der Waals surface area contributed by atoms with Crippen molar-refractivity contribution in [2.75, 3.05) is 0 Å². The van der Waals surface area contributed by atoms with Crippen LogP contribution < -0.4 is 0 Å². The summed E-state index contributed by atoms with van der Waals surface area (Å²) in [5, 5.41) is 5.10. The number of hydrogen-bond acceptors (Lipinski definition) is 1. The first-order valence-corrected chi connectivity index (χ1v) is 10.5. The van der Waals surface area contributed by atoms with Gasteiger partial charge in [0.1, 0.15) is 0 Å². The highest BCUT2D eigenvalue weighted by Crippen LogP contribution is 2.43. The summed E-state index contributed by atoms with van der Waals surface area (Å²) in [6.45, 7) is 0. The average molecular weight is 396 g/mol. The maximum Gasteiger partial charge on any atom is 0.0991 e. The van der Waals surface area contributed by atoms with E-state index in [-0.39, 0.29) is 0 Å². The van der Waals surface area contributed by atoms with Crippen molar-refractivity contribution >= 4 is 21.5 Å². The second-order valence-corrected chi connectivity index (χ2v) is 7.72. The fourth-order valence-electron chi connectivity index (χ4n) is 4.57. The fraction of sp³-hybridized carbons (Fsp3) is 0. The van der Waals surface area contributed by atoms with E-state index in [4.69, 9.17) is 0 Å². The number of rotatable bonds is 3. The molecule has 0 saturated carbocycles. The van der Waals surface area contributed by atoms with Crippen LogP contribution >= 0.6 is 0 Å². The Bertz CT molecular complexity index is 1440. The summed E-state index contributed by atoms with van der Waals surface area (Å²) in [6.07, 6.45) is 5.60. The Morgan fingerprint density at radius 2 is 0.968 bits per heavy atom. The third-order valence-electron chi connectivity index (χ3n) is 5.95. The molecule has 0 aliphatic carbocycles. The third kappa shape index (κ3) is 2.92.